The van der Waals surface area contributed by atoms with Gasteiger partial charge >= 0.3 is 0 Å². The Labute approximate surface area is 113 Å². The van der Waals surface area contributed by atoms with Crippen LogP contribution in [-0.2, 0) is 4.74 Å². The number of hydrogen-bond acceptors (Lipinski definition) is 2. The molecule has 2 heteroatoms. The molecule has 3 unspecified atom stereocenters. The smallest absolute Gasteiger partial charge is 0.0707 e. The first kappa shape index (κ1) is 14.3. The normalized spacial score (nSPS) is 36.3. The Balaban J connectivity index is 2.22. The maximum absolute atomic E-state index is 5.64. The first-order valence-corrected chi connectivity index (χ1v) is 7.93. The minimum absolute atomic E-state index is 0.376. The maximum Gasteiger partial charge on any atom is 0.0707 e. The zero-order valence-corrected chi connectivity index (χ0v) is 12.7. The largest absolute Gasteiger partial charge is 0.377 e. The van der Waals surface area contributed by atoms with Crippen molar-refractivity contribution in [3.63, 3.8) is 0 Å². The van der Waals surface area contributed by atoms with Crippen molar-refractivity contribution in [1.29, 1.82) is 0 Å². The number of ether oxygens (including phenoxy) is 1. The fraction of sp³-hybridized carbons (Fsp3) is 1.00. The Hall–Kier alpha value is -0.0800. The first-order valence-electron chi connectivity index (χ1n) is 7.93. The molecule has 0 radical (unpaired) electrons. The average Bonchev–Trinajstić information content (AvgIpc) is 2.34. The highest BCUT2D eigenvalue weighted by Gasteiger charge is 2.52. The van der Waals surface area contributed by atoms with Crippen LogP contribution in [0.4, 0.5) is 0 Å². The van der Waals surface area contributed by atoms with E-state index in [4.69, 9.17) is 4.74 Å². The summed E-state index contributed by atoms with van der Waals surface area (Å²) >= 11 is 0. The van der Waals surface area contributed by atoms with Gasteiger partial charge in [0, 0.05) is 6.54 Å². The highest BCUT2D eigenvalue weighted by atomic mass is 16.5. The van der Waals surface area contributed by atoms with Crippen LogP contribution < -0.4 is 0 Å². The molecule has 0 aromatic carbocycles. The van der Waals surface area contributed by atoms with Gasteiger partial charge in [-0.2, -0.15) is 0 Å². The number of likely N-dealkylation sites (tertiary alicyclic amines) is 1. The second-order valence-electron chi connectivity index (χ2n) is 6.76. The lowest BCUT2D eigenvalue weighted by Crippen LogP contribution is -2.66. The maximum atomic E-state index is 5.64. The minimum atomic E-state index is 0.376. The molecule has 0 amide bonds. The first-order chi connectivity index (χ1) is 8.64. The molecule has 3 atom stereocenters. The van der Waals surface area contributed by atoms with Gasteiger partial charge in [0.05, 0.1) is 18.8 Å². The minimum Gasteiger partial charge on any atom is -0.377 e. The Morgan fingerprint density at radius 1 is 1.17 bits per heavy atom. The third-order valence-corrected chi connectivity index (χ3v) is 5.27. The Kier molecular flexibility index (Phi) is 4.71. The van der Waals surface area contributed by atoms with E-state index < -0.39 is 0 Å². The van der Waals surface area contributed by atoms with Crippen LogP contribution in [0, 0.1) is 17.8 Å². The topological polar surface area (TPSA) is 12.5 Å². The van der Waals surface area contributed by atoms with Crippen molar-refractivity contribution in [3.8, 4) is 0 Å². The van der Waals surface area contributed by atoms with E-state index >= 15 is 0 Å². The van der Waals surface area contributed by atoms with Crippen molar-refractivity contribution in [3.05, 3.63) is 0 Å². The molecule has 0 aliphatic carbocycles. The Morgan fingerprint density at radius 3 is 2.33 bits per heavy atom. The zero-order chi connectivity index (χ0) is 13.2. The third kappa shape index (κ3) is 2.46. The van der Waals surface area contributed by atoms with Crippen LogP contribution in [0.15, 0.2) is 0 Å². The predicted molar refractivity (Wildman–Crippen MR) is 76.8 cm³/mol. The molecule has 106 valence electrons. The van der Waals surface area contributed by atoms with E-state index in [1.54, 1.807) is 0 Å². The molecule has 18 heavy (non-hydrogen) atoms. The van der Waals surface area contributed by atoms with Gasteiger partial charge < -0.3 is 4.74 Å². The number of rotatable bonds is 4. The van der Waals surface area contributed by atoms with Gasteiger partial charge in [-0.3, -0.25) is 4.90 Å². The molecule has 0 N–H and O–H groups in total. The summed E-state index contributed by atoms with van der Waals surface area (Å²) in [5.41, 5.74) is 0.376. The second kappa shape index (κ2) is 5.92. The average molecular weight is 253 g/mol. The van der Waals surface area contributed by atoms with Gasteiger partial charge in [-0.15, -0.1) is 0 Å². The van der Waals surface area contributed by atoms with Crippen molar-refractivity contribution in [2.45, 2.75) is 58.4 Å². The van der Waals surface area contributed by atoms with Crippen LogP contribution in [0.2, 0.25) is 0 Å². The summed E-state index contributed by atoms with van der Waals surface area (Å²) in [5, 5.41) is 0. The molecule has 0 aromatic rings. The van der Waals surface area contributed by atoms with E-state index in [1.165, 1.54) is 38.6 Å². The number of hydrogen-bond donors (Lipinski definition) is 0. The highest BCUT2D eigenvalue weighted by Crippen LogP contribution is 2.45. The van der Waals surface area contributed by atoms with E-state index in [2.05, 4.69) is 32.7 Å². The summed E-state index contributed by atoms with van der Waals surface area (Å²) in [7, 11) is 2.33. The molecule has 0 bridgehead atoms. The lowest BCUT2D eigenvalue weighted by atomic mass is 9.69. The van der Waals surface area contributed by atoms with Gasteiger partial charge in [-0.25, -0.2) is 0 Å². The van der Waals surface area contributed by atoms with Crippen LogP contribution in [0.1, 0.15) is 52.9 Å². The molecule has 0 aromatic heterocycles. The Bertz CT molecular complexity index is 262. The molecular formula is C16H31NO. The van der Waals surface area contributed by atoms with E-state index in [0.717, 1.165) is 31.0 Å². The van der Waals surface area contributed by atoms with E-state index in [9.17, 15) is 0 Å². The monoisotopic (exact) mass is 253 g/mol. The van der Waals surface area contributed by atoms with Gasteiger partial charge in [-0.1, -0.05) is 40.0 Å². The molecule has 2 heterocycles. The predicted octanol–water partition coefficient (Wildman–Crippen LogP) is 3.56. The lowest BCUT2D eigenvalue weighted by molar-refractivity contribution is -0.168. The van der Waals surface area contributed by atoms with Crippen molar-refractivity contribution in [1.82, 2.24) is 4.90 Å². The van der Waals surface area contributed by atoms with Gasteiger partial charge in [0.25, 0.3) is 0 Å². The van der Waals surface area contributed by atoms with Gasteiger partial charge in [0.15, 0.2) is 0 Å². The standard InChI is InChI=1S/C16H31NO/c1-5-7-14-9-13(3)10-17(4)16(11-18-12-16)15(14)8-6-2/h13-15H,5-12H2,1-4H3. The number of likely N-dealkylation sites (N-methyl/N-ethyl adjacent to an activating group) is 1. The summed E-state index contributed by atoms with van der Waals surface area (Å²) < 4.78 is 5.64. The third-order valence-electron chi connectivity index (χ3n) is 5.27. The summed E-state index contributed by atoms with van der Waals surface area (Å²) in [4.78, 5) is 2.64. The Morgan fingerprint density at radius 2 is 1.83 bits per heavy atom. The SMILES string of the molecule is CCCC1CC(C)CN(C)C2(COC2)C1CCC. The van der Waals surface area contributed by atoms with Crippen molar-refractivity contribution in [2.75, 3.05) is 26.8 Å². The van der Waals surface area contributed by atoms with Crippen LogP contribution >= 0.6 is 0 Å². The van der Waals surface area contributed by atoms with Gasteiger partial charge in [-0.05, 0) is 37.6 Å². The highest BCUT2D eigenvalue weighted by molar-refractivity contribution is 5.04. The second-order valence-corrected chi connectivity index (χ2v) is 6.76. The molecule has 2 aliphatic rings. The van der Waals surface area contributed by atoms with Crippen molar-refractivity contribution in [2.24, 2.45) is 17.8 Å². The molecule has 1 spiro atoms. The van der Waals surface area contributed by atoms with E-state index in [1.807, 2.05) is 0 Å². The number of nitrogens with zero attached hydrogens (tertiary/aromatic N) is 1. The summed E-state index contributed by atoms with van der Waals surface area (Å²) in [6, 6.07) is 0. The fourth-order valence-corrected chi connectivity index (χ4v) is 4.38. The molecule has 2 fully saturated rings. The summed E-state index contributed by atoms with van der Waals surface area (Å²) in [6.07, 6.45) is 6.85. The summed E-state index contributed by atoms with van der Waals surface area (Å²) in [5.74, 6) is 2.61. The van der Waals surface area contributed by atoms with Gasteiger partial charge in [0.1, 0.15) is 0 Å². The molecule has 2 saturated heterocycles. The molecule has 2 aliphatic heterocycles. The molecular weight excluding hydrogens is 222 g/mol. The van der Waals surface area contributed by atoms with E-state index in [-0.39, 0.29) is 0 Å². The van der Waals surface area contributed by atoms with E-state index in [0.29, 0.717) is 5.54 Å². The van der Waals surface area contributed by atoms with Crippen LogP contribution in [0.25, 0.3) is 0 Å². The van der Waals surface area contributed by atoms with Crippen LogP contribution in [0.3, 0.4) is 0 Å². The summed E-state index contributed by atoms with van der Waals surface area (Å²) in [6.45, 7) is 10.3. The fourth-order valence-electron chi connectivity index (χ4n) is 4.38. The lowest BCUT2D eigenvalue weighted by Gasteiger charge is -2.53. The zero-order valence-electron chi connectivity index (χ0n) is 12.7. The van der Waals surface area contributed by atoms with Gasteiger partial charge in [0.2, 0.25) is 0 Å². The quantitative estimate of drug-likeness (QED) is 0.759. The van der Waals surface area contributed by atoms with Crippen LogP contribution in [0.5, 0.6) is 0 Å². The van der Waals surface area contributed by atoms with Crippen molar-refractivity contribution < 1.29 is 4.74 Å². The van der Waals surface area contributed by atoms with Crippen LogP contribution in [-0.4, -0.2) is 37.2 Å². The molecule has 0 saturated carbocycles. The molecule has 2 rings (SSSR count). The van der Waals surface area contributed by atoms with Crippen molar-refractivity contribution >= 4 is 0 Å². The molecule has 2 nitrogen and oxygen atoms in total.